The molecule has 2 rings (SSSR count). The van der Waals surface area contributed by atoms with Crippen molar-refractivity contribution in [1.29, 1.82) is 0 Å². The normalized spacial score (nSPS) is 10.1. The molecule has 59 valence electrons. The van der Waals surface area contributed by atoms with Crippen molar-refractivity contribution in [3.8, 4) is 5.82 Å². The third-order valence-electron chi connectivity index (χ3n) is 1.46. The lowest BCUT2D eigenvalue weighted by Gasteiger charge is -1.97. The summed E-state index contributed by atoms with van der Waals surface area (Å²) in [6.07, 6.45) is 6.67. The largest absolute Gasteiger partial charge is 0.256 e. The van der Waals surface area contributed by atoms with Gasteiger partial charge in [-0.2, -0.15) is 5.10 Å². The Kier molecular flexibility index (Phi) is 1.59. The third kappa shape index (κ3) is 1.18. The molecule has 0 bridgehead atoms. The van der Waals surface area contributed by atoms with Gasteiger partial charge in [0, 0.05) is 12.3 Å². The molecule has 0 aromatic carbocycles. The van der Waals surface area contributed by atoms with E-state index in [1.54, 1.807) is 29.5 Å². The summed E-state index contributed by atoms with van der Waals surface area (Å²) >= 11 is 0. The average molecular weight is 159 g/mol. The molecule has 2 aromatic rings. The number of hydrogen-bond acceptors (Lipinski definition) is 3. The van der Waals surface area contributed by atoms with E-state index in [0.29, 0.717) is 5.82 Å². The minimum absolute atomic E-state index is 0.710. The van der Waals surface area contributed by atoms with Crippen LogP contribution in [0.3, 0.4) is 0 Å². The lowest BCUT2D eigenvalue weighted by Crippen LogP contribution is -1.98. The first-order valence-electron chi connectivity index (χ1n) is 3.56. The van der Waals surface area contributed by atoms with E-state index >= 15 is 0 Å². The molecule has 0 N–H and O–H groups in total. The summed E-state index contributed by atoms with van der Waals surface area (Å²) in [6, 6.07) is 2.83. The quantitative estimate of drug-likeness (QED) is 0.617. The van der Waals surface area contributed by atoms with Crippen LogP contribution >= 0.6 is 0 Å². The van der Waals surface area contributed by atoms with E-state index in [4.69, 9.17) is 0 Å². The van der Waals surface area contributed by atoms with Gasteiger partial charge in [0.1, 0.15) is 0 Å². The summed E-state index contributed by atoms with van der Waals surface area (Å²) in [5.74, 6) is 0.710. The van der Waals surface area contributed by atoms with Gasteiger partial charge < -0.3 is 0 Å². The highest BCUT2D eigenvalue weighted by Crippen LogP contribution is 1.98. The van der Waals surface area contributed by atoms with Gasteiger partial charge in [-0.15, -0.1) is 0 Å². The molecule has 0 amide bonds. The molecule has 0 saturated heterocycles. The second-order valence-electron chi connectivity index (χ2n) is 2.40. The lowest BCUT2D eigenvalue weighted by molar-refractivity contribution is 0.833. The summed E-state index contributed by atoms with van der Waals surface area (Å²) in [7, 11) is 0. The van der Waals surface area contributed by atoms with Gasteiger partial charge in [-0.3, -0.25) is 4.98 Å². The molecule has 0 aliphatic heterocycles. The molecule has 0 unspecified atom stereocenters. The molecule has 2 aromatic heterocycles. The van der Waals surface area contributed by atoms with Crippen LogP contribution in [0.5, 0.6) is 0 Å². The number of nitrogens with zero attached hydrogens (tertiary/aromatic N) is 4. The maximum atomic E-state index is 4.14. The zero-order valence-corrected chi connectivity index (χ0v) is 6.60. The molecular formula is C8H7N4. The highest BCUT2D eigenvalue weighted by atomic mass is 15.3. The van der Waals surface area contributed by atoms with Gasteiger partial charge in [-0.05, 0) is 6.92 Å². The number of aromatic nitrogens is 4. The molecule has 0 fully saturated rings. The van der Waals surface area contributed by atoms with Crippen LogP contribution in [-0.4, -0.2) is 19.7 Å². The maximum absolute atomic E-state index is 4.14. The molecule has 0 spiro atoms. The van der Waals surface area contributed by atoms with Crippen molar-refractivity contribution in [2.45, 2.75) is 6.92 Å². The number of aryl methyl sites for hydroxylation is 1. The Balaban J connectivity index is 2.43. The number of hydrogen-bond donors (Lipinski definition) is 0. The van der Waals surface area contributed by atoms with Crippen molar-refractivity contribution in [1.82, 2.24) is 19.7 Å². The summed E-state index contributed by atoms with van der Waals surface area (Å²) in [6.45, 7) is 1.89. The highest BCUT2D eigenvalue weighted by Gasteiger charge is 1.95. The second-order valence-corrected chi connectivity index (χ2v) is 2.40. The molecule has 0 atom stereocenters. The first kappa shape index (κ1) is 6.97. The fourth-order valence-electron chi connectivity index (χ4n) is 0.862. The highest BCUT2D eigenvalue weighted by molar-refractivity contribution is 5.16. The first-order valence-corrected chi connectivity index (χ1v) is 3.56. The van der Waals surface area contributed by atoms with Crippen molar-refractivity contribution < 1.29 is 0 Å². The van der Waals surface area contributed by atoms with Crippen LogP contribution < -0.4 is 0 Å². The van der Waals surface area contributed by atoms with Crippen LogP contribution in [0.4, 0.5) is 0 Å². The van der Waals surface area contributed by atoms with Crippen molar-refractivity contribution >= 4 is 0 Å². The Morgan fingerprint density at radius 1 is 1.33 bits per heavy atom. The molecule has 2 heterocycles. The van der Waals surface area contributed by atoms with E-state index < -0.39 is 0 Å². The van der Waals surface area contributed by atoms with Crippen molar-refractivity contribution in [2.75, 3.05) is 0 Å². The summed E-state index contributed by atoms with van der Waals surface area (Å²) in [5, 5.41) is 3.97. The smallest absolute Gasteiger partial charge is 0.171 e. The summed E-state index contributed by atoms with van der Waals surface area (Å²) < 4.78 is 1.62. The van der Waals surface area contributed by atoms with E-state index in [0.717, 1.165) is 5.69 Å². The van der Waals surface area contributed by atoms with Crippen molar-refractivity contribution in [3.63, 3.8) is 0 Å². The van der Waals surface area contributed by atoms with Gasteiger partial charge in [0.2, 0.25) is 0 Å². The SMILES string of the molecule is Cc1cnc(-n2c[c]cn2)cn1. The number of rotatable bonds is 1. The predicted molar refractivity (Wildman–Crippen MR) is 42.7 cm³/mol. The Labute approximate surface area is 69.9 Å². The summed E-state index contributed by atoms with van der Waals surface area (Å²) in [4.78, 5) is 8.24. The van der Waals surface area contributed by atoms with Crippen LogP contribution in [0.1, 0.15) is 5.69 Å². The van der Waals surface area contributed by atoms with Crippen LogP contribution in [-0.2, 0) is 0 Å². The molecular weight excluding hydrogens is 152 g/mol. The summed E-state index contributed by atoms with van der Waals surface area (Å²) in [5.41, 5.74) is 0.898. The Bertz CT molecular complexity index is 349. The fourth-order valence-corrected chi connectivity index (χ4v) is 0.862. The zero-order valence-electron chi connectivity index (χ0n) is 6.60. The van der Waals surface area contributed by atoms with E-state index in [9.17, 15) is 0 Å². The maximum Gasteiger partial charge on any atom is 0.171 e. The van der Waals surface area contributed by atoms with E-state index in [1.807, 2.05) is 6.92 Å². The van der Waals surface area contributed by atoms with Crippen molar-refractivity contribution in [2.24, 2.45) is 0 Å². The van der Waals surface area contributed by atoms with Gasteiger partial charge in [0.25, 0.3) is 0 Å². The second kappa shape index (κ2) is 2.73. The van der Waals surface area contributed by atoms with Gasteiger partial charge in [0.15, 0.2) is 5.82 Å². The average Bonchev–Trinajstić information content (AvgIpc) is 2.58. The standard InChI is InChI=1S/C8H7N4/c1-7-5-10-8(6-9-7)12-4-2-3-11-12/h3-6H,1H3. The molecule has 0 aliphatic rings. The molecule has 12 heavy (non-hydrogen) atoms. The van der Waals surface area contributed by atoms with Crippen LogP contribution in [0.2, 0.25) is 0 Å². The molecule has 4 nitrogen and oxygen atoms in total. The van der Waals surface area contributed by atoms with Crippen LogP contribution in [0.25, 0.3) is 5.82 Å². The minimum Gasteiger partial charge on any atom is -0.256 e. The Morgan fingerprint density at radius 3 is 2.83 bits per heavy atom. The molecule has 0 saturated carbocycles. The predicted octanol–water partition coefficient (Wildman–Crippen LogP) is 0.771. The molecule has 1 radical (unpaired) electrons. The van der Waals surface area contributed by atoms with Gasteiger partial charge >= 0.3 is 0 Å². The topological polar surface area (TPSA) is 43.6 Å². The van der Waals surface area contributed by atoms with E-state index in [2.05, 4.69) is 21.1 Å². The molecule has 0 aliphatic carbocycles. The van der Waals surface area contributed by atoms with Gasteiger partial charge in [-0.25, -0.2) is 9.67 Å². The van der Waals surface area contributed by atoms with Crippen LogP contribution in [0.15, 0.2) is 24.8 Å². The lowest BCUT2D eigenvalue weighted by atomic mass is 10.5. The third-order valence-corrected chi connectivity index (χ3v) is 1.46. The zero-order chi connectivity index (χ0) is 8.39. The fraction of sp³-hybridized carbons (Fsp3) is 0.125. The first-order chi connectivity index (χ1) is 5.86. The van der Waals surface area contributed by atoms with Crippen molar-refractivity contribution in [3.05, 3.63) is 36.5 Å². The molecule has 4 heteroatoms. The van der Waals surface area contributed by atoms with Gasteiger partial charge in [-0.1, -0.05) is 0 Å². The van der Waals surface area contributed by atoms with E-state index in [-0.39, 0.29) is 0 Å². The monoisotopic (exact) mass is 159 g/mol. The van der Waals surface area contributed by atoms with E-state index in [1.165, 1.54) is 0 Å². The Morgan fingerprint density at radius 2 is 2.25 bits per heavy atom. The Hall–Kier alpha value is -1.71. The van der Waals surface area contributed by atoms with Gasteiger partial charge in [0.05, 0.1) is 24.3 Å². The minimum atomic E-state index is 0.710. The van der Waals surface area contributed by atoms with Crippen LogP contribution in [0, 0.1) is 13.0 Å².